The molecule has 1 atom stereocenters. The van der Waals surface area contributed by atoms with Crippen LogP contribution < -0.4 is 5.32 Å². The van der Waals surface area contributed by atoms with Crippen molar-refractivity contribution in [1.29, 1.82) is 0 Å². The lowest BCUT2D eigenvalue weighted by atomic mass is 10.0. The van der Waals surface area contributed by atoms with E-state index >= 15 is 0 Å². The van der Waals surface area contributed by atoms with Crippen LogP contribution in [0.2, 0.25) is 0 Å². The van der Waals surface area contributed by atoms with E-state index in [1.54, 1.807) is 10.4 Å². The van der Waals surface area contributed by atoms with Gasteiger partial charge in [0.15, 0.2) is 0 Å². The fourth-order valence-electron chi connectivity index (χ4n) is 3.00. The van der Waals surface area contributed by atoms with E-state index in [0.29, 0.717) is 11.4 Å². The zero-order valence-corrected chi connectivity index (χ0v) is 14.0. The van der Waals surface area contributed by atoms with Crippen LogP contribution in [0.1, 0.15) is 36.8 Å². The number of sulfonamides is 1. The second-order valence-electron chi connectivity index (χ2n) is 5.93. The molecule has 0 aliphatic carbocycles. The lowest BCUT2D eigenvalue weighted by Gasteiger charge is -2.35. The van der Waals surface area contributed by atoms with Crippen LogP contribution in [-0.4, -0.2) is 38.9 Å². The molecule has 1 unspecified atom stereocenters. The number of piperidine rings is 1. The van der Waals surface area contributed by atoms with E-state index in [9.17, 15) is 8.42 Å². The molecule has 1 aromatic rings. The first-order chi connectivity index (χ1) is 9.96. The summed E-state index contributed by atoms with van der Waals surface area (Å²) in [7, 11) is -1.48. The molecular formula is C16H26N2O2S. The normalized spacial score (nSPS) is 20.6. The molecule has 1 saturated heterocycles. The van der Waals surface area contributed by atoms with Crippen LogP contribution in [0.15, 0.2) is 23.1 Å². The van der Waals surface area contributed by atoms with Gasteiger partial charge in [0, 0.05) is 12.6 Å². The van der Waals surface area contributed by atoms with Gasteiger partial charge in [0.1, 0.15) is 0 Å². The van der Waals surface area contributed by atoms with Gasteiger partial charge in [0.05, 0.1) is 4.90 Å². The molecule has 0 radical (unpaired) electrons. The quantitative estimate of drug-likeness (QED) is 0.909. The van der Waals surface area contributed by atoms with E-state index in [1.807, 2.05) is 33.0 Å². The smallest absolute Gasteiger partial charge is 0.243 e. The second-order valence-corrected chi connectivity index (χ2v) is 7.79. The number of rotatable bonds is 5. The van der Waals surface area contributed by atoms with Gasteiger partial charge >= 0.3 is 0 Å². The highest BCUT2D eigenvalue weighted by atomic mass is 32.2. The third-order valence-electron chi connectivity index (χ3n) is 4.23. The molecule has 118 valence electrons. The zero-order valence-electron chi connectivity index (χ0n) is 13.2. The predicted octanol–water partition coefficient (Wildman–Crippen LogP) is 2.46. The molecule has 1 fully saturated rings. The van der Waals surface area contributed by atoms with Gasteiger partial charge in [0.25, 0.3) is 0 Å². The van der Waals surface area contributed by atoms with Crippen LogP contribution in [0.4, 0.5) is 0 Å². The first-order valence-electron chi connectivity index (χ1n) is 7.70. The molecule has 0 amide bonds. The molecule has 0 saturated carbocycles. The van der Waals surface area contributed by atoms with Gasteiger partial charge in [-0.15, -0.1) is 0 Å². The Labute approximate surface area is 128 Å². The highest BCUT2D eigenvalue weighted by Gasteiger charge is 2.33. The van der Waals surface area contributed by atoms with Crippen molar-refractivity contribution in [2.45, 2.75) is 50.5 Å². The maximum Gasteiger partial charge on any atom is 0.243 e. The van der Waals surface area contributed by atoms with Crippen LogP contribution >= 0.6 is 0 Å². The fourth-order valence-corrected chi connectivity index (χ4v) is 5.04. The Hall–Kier alpha value is -0.910. The van der Waals surface area contributed by atoms with Gasteiger partial charge in [0.2, 0.25) is 10.0 Å². The summed E-state index contributed by atoms with van der Waals surface area (Å²) in [6.07, 6.45) is 3.92. The SMILES string of the molecule is CNCCC1CCCCN1S(=O)(=O)c1cc(C)ccc1C. The number of hydrogen-bond donors (Lipinski definition) is 1. The molecule has 1 N–H and O–H groups in total. The van der Waals surface area contributed by atoms with E-state index in [1.165, 1.54) is 0 Å². The monoisotopic (exact) mass is 310 g/mol. The fraction of sp³-hybridized carbons (Fsp3) is 0.625. The number of aryl methyl sites for hydroxylation is 2. The number of hydrogen-bond acceptors (Lipinski definition) is 3. The largest absolute Gasteiger partial charge is 0.320 e. The van der Waals surface area contributed by atoms with E-state index in [-0.39, 0.29) is 6.04 Å². The van der Waals surface area contributed by atoms with E-state index in [4.69, 9.17) is 0 Å². The highest BCUT2D eigenvalue weighted by Crippen LogP contribution is 2.28. The molecule has 0 bridgehead atoms. The summed E-state index contributed by atoms with van der Waals surface area (Å²) in [5.74, 6) is 0. The lowest BCUT2D eigenvalue weighted by molar-refractivity contribution is 0.240. The third kappa shape index (κ3) is 3.65. The second kappa shape index (κ2) is 6.90. The van der Waals surface area contributed by atoms with Gasteiger partial charge in [-0.2, -0.15) is 4.31 Å². The Kier molecular flexibility index (Phi) is 5.41. The van der Waals surface area contributed by atoms with Crippen molar-refractivity contribution in [1.82, 2.24) is 9.62 Å². The molecule has 0 spiro atoms. The van der Waals surface area contributed by atoms with E-state index in [0.717, 1.165) is 43.4 Å². The van der Waals surface area contributed by atoms with Gasteiger partial charge in [-0.1, -0.05) is 18.6 Å². The summed E-state index contributed by atoms with van der Waals surface area (Å²) >= 11 is 0. The average Bonchev–Trinajstić information content (AvgIpc) is 2.47. The molecule has 1 aliphatic rings. The van der Waals surface area contributed by atoms with Crippen molar-refractivity contribution >= 4 is 10.0 Å². The van der Waals surface area contributed by atoms with Crippen LogP contribution in [0.25, 0.3) is 0 Å². The minimum absolute atomic E-state index is 0.121. The zero-order chi connectivity index (χ0) is 15.5. The van der Waals surface area contributed by atoms with E-state index < -0.39 is 10.0 Å². The summed E-state index contributed by atoms with van der Waals surface area (Å²) in [4.78, 5) is 0.471. The van der Waals surface area contributed by atoms with Crippen LogP contribution in [0, 0.1) is 13.8 Å². The molecular weight excluding hydrogens is 284 g/mol. The third-order valence-corrected chi connectivity index (χ3v) is 6.32. The number of nitrogens with one attached hydrogen (secondary N) is 1. The van der Waals surface area contributed by atoms with Crippen LogP contribution in [0.3, 0.4) is 0 Å². The van der Waals surface area contributed by atoms with Gasteiger partial charge in [-0.05, 0) is 63.9 Å². The Bertz CT molecular complexity index is 584. The Balaban J connectivity index is 2.33. The summed E-state index contributed by atoms with van der Waals surface area (Å²) < 4.78 is 27.8. The van der Waals surface area contributed by atoms with Crippen molar-refractivity contribution < 1.29 is 8.42 Å². The molecule has 0 aromatic heterocycles. The maximum absolute atomic E-state index is 13.0. The standard InChI is InChI=1S/C16H26N2O2S/c1-13-7-8-14(2)16(12-13)21(19,20)18-11-5-4-6-15(18)9-10-17-3/h7-8,12,15,17H,4-6,9-11H2,1-3H3. The summed E-state index contributed by atoms with van der Waals surface area (Å²) in [5.41, 5.74) is 1.82. The molecule has 21 heavy (non-hydrogen) atoms. The summed E-state index contributed by atoms with van der Waals surface area (Å²) in [5, 5.41) is 3.13. The van der Waals surface area contributed by atoms with Gasteiger partial charge < -0.3 is 5.32 Å². The average molecular weight is 310 g/mol. The summed E-state index contributed by atoms with van der Waals surface area (Å²) in [6.45, 7) is 5.31. The minimum atomic E-state index is -3.39. The van der Waals surface area contributed by atoms with E-state index in [2.05, 4.69) is 5.32 Å². The summed E-state index contributed by atoms with van der Waals surface area (Å²) in [6, 6.07) is 5.78. The van der Waals surface area contributed by atoms with Gasteiger partial charge in [-0.3, -0.25) is 0 Å². The number of nitrogens with zero attached hydrogens (tertiary/aromatic N) is 1. The van der Waals surface area contributed by atoms with Crippen molar-refractivity contribution in [3.63, 3.8) is 0 Å². The molecule has 1 heterocycles. The van der Waals surface area contributed by atoms with Gasteiger partial charge in [-0.25, -0.2) is 8.42 Å². The van der Waals surface area contributed by atoms with Crippen LogP contribution in [-0.2, 0) is 10.0 Å². The predicted molar refractivity (Wildman–Crippen MR) is 86.0 cm³/mol. The molecule has 1 aliphatic heterocycles. The lowest BCUT2D eigenvalue weighted by Crippen LogP contribution is -2.44. The number of benzene rings is 1. The van der Waals surface area contributed by atoms with Crippen molar-refractivity contribution in [2.24, 2.45) is 0 Å². The first kappa shape index (κ1) is 16.5. The molecule has 1 aromatic carbocycles. The Morgan fingerprint density at radius 1 is 1.29 bits per heavy atom. The Morgan fingerprint density at radius 2 is 2.05 bits per heavy atom. The minimum Gasteiger partial charge on any atom is -0.320 e. The molecule has 2 rings (SSSR count). The topological polar surface area (TPSA) is 49.4 Å². The molecule has 5 heteroatoms. The molecule has 4 nitrogen and oxygen atoms in total. The maximum atomic E-state index is 13.0. The van der Waals surface area contributed by atoms with Crippen molar-refractivity contribution in [3.8, 4) is 0 Å². The van der Waals surface area contributed by atoms with Crippen molar-refractivity contribution in [2.75, 3.05) is 20.1 Å². The highest BCUT2D eigenvalue weighted by molar-refractivity contribution is 7.89. The Morgan fingerprint density at radius 3 is 2.76 bits per heavy atom. The van der Waals surface area contributed by atoms with Crippen molar-refractivity contribution in [3.05, 3.63) is 29.3 Å². The van der Waals surface area contributed by atoms with Crippen LogP contribution in [0.5, 0.6) is 0 Å². The first-order valence-corrected chi connectivity index (χ1v) is 9.14.